The van der Waals surface area contributed by atoms with E-state index in [1.807, 2.05) is 20.8 Å². The quantitative estimate of drug-likeness (QED) is 0.828. The Morgan fingerprint density at radius 2 is 1.96 bits per heavy atom. The summed E-state index contributed by atoms with van der Waals surface area (Å²) in [6.45, 7) is 6.01. The first-order valence-electron chi connectivity index (χ1n) is 8.65. The molecule has 0 saturated heterocycles. The average Bonchev–Trinajstić information content (AvgIpc) is 3.34. The molecule has 1 aromatic rings. The second-order valence-corrected chi connectivity index (χ2v) is 7.57. The van der Waals surface area contributed by atoms with E-state index in [9.17, 15) is 19.1 Å². The average molecular weight is 349 g/mol. The van der Waals surface area contributed by atoms with Crippen LogP contribution in [0.3, 0.4) is 0 Å². The van der Waals surface area contributed by atoms with Crippen molar-refractivity contribution in [3.8, 4) is 0 Å². The van der Waals surface area contributed by atoms with Crippen molar-refractivity contribution in [3.63, 3.8) is 0 Å². The van der Waals surface area contributed by atoms with Gasteiger partial charge in [0, 0.05) is 24.4 Å². The van der Waals surface area contributed by atoms with Crippen LogP contribution < -0.4 is 5.32 Å². The summed E-state index contributed by atoms with van der Waals surface area (Å²) >= 11 is 0. The fourth-order valence-electron chi connectivity index (χ4n) is 3.90. The minimum absolute atomic E-state index is 0.0253. The molecule has 4 atom stereocenters. The van der Waals surface area contributed by atoms with Crippen LogP contribution in [0.25, 0.3) is 0 Å². The van der Waals surface area contributed by atoms with Crippen molar-refractivity contribution >= 4 is 11.9 Å². The van der Waals surface area contributed by atoms with Gasteiger partial charge in [-0.15, -0.1) is 0 Å². The topological polar surface area (TPSA) is 75.6 Å². The van der Waals surface area contributed by atoms with Crippen molar-refractivity contribution < 1.29 is 23.8 Å². The van der Waals surface area contributed by atoms with Gasteiger partial charge in [0.2, 0.25) is 5.91 Å². The summed E-state index contributed by atoms with van der Waals surface area (Å²) in [6, 6.07) is 6.11. The largest absolute Gasteiger partial charge is 0.479 e. The lowest BCUT2D eigenvalue weighted by atomic mass is 9.54. The maximum absolute atomic E-state index is 13.0. The number of hydrogen-bond donors (Lipinski definition) is 2. The van der Waals surface area contributed by atoms with Gasteiger partial charge in [-0.3, -0.25) is 4.79 Å². The molecule has 1 aromatic carbocycles. The van der Waals surface area contributed by atoms with E-state index in [2.05, 4.69) is 5.32 Å². The normalized spacial score (nSPS) is 32.6. The highest BCUT2D eigenvalue weighted by Crippen LogP contribution is 2.53. The number of hydrogen-bond acceptors (Lipinski definition) is 3. The Hall–Kier alpha value is -1.95. The molecule has 2 saturated carbocycles. The minimum atomic E-state index is -1.31. The number of halogens is 1. The molecule has 2 fully saturated rings. The molecule has 3 rings (SSSR count). The van der Waals surface area contributed by atoms with Crippen LogP contribution in [0.4, 0.5) is 4.39 Å². The van der Waals surface area contributed by atoms with Crippen molar-refractivity contribution in [3.05, 3.63) is 35.6 Å². The molecule has 2 aliphatic carbocycles. The first kappa shape index (κ1) is 17.9. The number of carbonyl (C=O) groups excluding carboxylic acids is 1. The van der Waals surface area contributed by atoms with E-state index < -0.39 is 16.9 Å². The van der Waals surface area contributed by atoms with Gasteiger partial charge in [0.15, 0.2) is 0 Å². The Labute approximate surface area is 146 Å². The predicted molar refractivity (Wildman–Crippen MR) is 89.6 cm³/mol. The monoisotopic (exact) mass is 349 g/mol. The van der Waals surface area contributed by atoms with Crippen LogP contribution in [0.15, 0.2) is 24.3 Å². The smallest absolute Gasteiger partial charge is 0.330 e. The molecule has 0 spiro atoms. The highest BCUT2D eigenvalue weighted by Gasteiger charge is 2.67. The summed E-state index contributed by atoms with van der Waals surface area (Å²) in [5.74, 6) is -1.82. The lowest BCUT2D eigenvalue weighted by Crippen LogP contribution is -2.76. The number of carboxylic acids is 1. The van der Waals surface area contributed by atoms with Crippen molar-refractivity contribution in [2.24, 2.45) is 11.3 Å². The molecule has 25 heavy (non-hydrogen) atoms. The maximum atomic E-state index is 13.0. The molecule has 2 N–H and O–H groups in total. The van der Waals surface area contributed by atoms with Crippen LogP contribution in [0, 0.1) is 17.2 Å². The van der Waals surface area contributed by atoms with Crippen LogP contribution in [-0.2, 0) is 14.3 Å². The molecule has 0 aliphatic heterocycles. The zero-order valence-electron chi connectivity index (χ0n) is 14.7. The third-order valence-corrected chi connectivity index (χ3v) is 5.89. The van der Waals surface area contributed by atoms with Crippen LogP contribution in [0.5, 0.6) is 0 Å². The molecule has 0 bridgehead atoms. The van der Waals surface area contributed by atoms with E-state index in [0.29, 0.717) is 13.0 Å². The molecular weight excluding hydrogens is 325 g/mol. The van der Waals surface area contributed by atoms with E-state index in [1.165, 1.54) is 12.1 Å². The summed E-state index contributed by atoms with van der Waals surface area (Å²) in [4.78, 5) is 24.6. The molecule has 0 radical (unpaired) electrons. The fourth-order valence-corrected chi connectivity index (χ4v) is 3.90. The molecule has 0 heterocycles. The second-order valence-electron chi connectivity index (χ2n) is 7.57. The van der Waals surface area contributed by atoms with Crippen molar-refractivity contribution in [1.29, 1.82) is 0 Å². The Kier molecular flexibility index (Phi) is 4.35. The first-order valence-corrected chi connectivity index (χ1v) is 8.65. The highest BCUT2D eigenvalue weighted by atomic mass is 19.1. The number of benzene rings is 1. The van der Waals surface area contributed by atoms with Crippen LogP contribution in [0.1, 0.15) is 45.1 Å². The van der Waals surface area contributed by atoms with E-state index in [0.717, 1.165) is 5.56 Å². The van der Waals surface area contributed by atoms with Gasteiger partial charge in [-0.25, -0.2) is 9.18 Å². The summed E-state index contributed by atoms with van der Waals surface area (Å²) in [5, 5.41) is 12.5. The summed E-state index contributed by atoms with van der Waals surface area (Å²) < 4.78 is 18.6. The number of nitrogens with one attached hydrogen (secondary N) is 1. The number of amides is 1. The van der Waals surface area contributed by atoms with Crippen molar-refractivity contribution in [2.75, 3.05) is 6.61 Å². The minimum Gasteiger partial charge on any atom is -0.479 e. The summed E-state index contributed by atoms with van der Waals surface area (Å²) in [5.41, 5.74) is -1.09. The van der Waals surface area contributed by atoms with E-state index in [1.54, 1.807) is 12.1 Å². The molecule has 5 nitrogen and oxygen atoms in total. The molecule has 6 heteroatoms. The number of carboxylic acid groups (broad SMARTS) is 1. The van der Waals surface area contributed by atoms with Gasteiger partial charge in [0.1, 0.15) is 11.4 Å². The van der Waals surface area contributed by atoms with Gasteiger partial charge >= 0.3 is 5.97 Å². The van der Waals surface area contributed by atoms with Gasteiger partial charge in [0.05, 0.1) is 6.10 Å². The number of aliphatic carboxylic acids is 1. The maximum Gasteiger partial charge on any atom is 0.330 e. The van der Waals surface area contributed by atoms with Crippen LogP contribution in [-0.4, -0.2) is 35.2 Å². The molecular formula is C19H24FNO4. The Morgan fingerprint density at radius 1 is 1.32 bits per heavy atom. The Bertz CT molecular complexity index is 687. The van der Waals surface area contributed by atoms with Gasteiger partial charge < -0.3 is 15.2 Å². The van der Waals surface area contributed by atoms with Crippen LogP contribution in [0.2, 0.25) is 0 Å². The third-order valence-electron chi connectivity index (χ3n) is 5.89. The first-order chi connectivity index (χ1) is 11.7. The number of ether oxygens (including phenoxy) is 1. The molecule has 136 valence electrons. The Morgan fingerprint density at radius 3 is 2.48 bits per heavy atom. The second kappa shape index (κ2) is 6.09. The lowest BCUT2D eigenvalue weighted by Gasteiger charge is -2.58. The highest BCUT2D eigenvalue weighted by molar-refractivity contribution is 5.91. The zero-order chi connectivity index (χ0) is 18.4. The summed E-state index contributed by atoms with van der Waals surface area (Å²) in [6.07, 6.45) is 0.728. The van der Waals surface area contributed by atoms with Crippen LogP contribution >= 0.6 is 0 Å². The molecule has 1 amide bonds. The predicted octanol–water partition coefficient (Wildman–Crippen LogP) is 2.70. The molecule has 2 aliphatic rings. The van der Waals surface area contributed by atoms with Gasteiger partial charge in [-0.05, 0) is 37.0 Å². The third kappa shape index (κ3) is 2.82. The van der Waals surface area contributed by atoms with E-state index >= 15 is 0 Å². The summed E-state index contributed by atoms with van der Waals surface area (Å²) in [7, 11) is 0. The van der Waals surface area contributed by atoms with Crippen molar-refractivity contribution in [2.45, 2.75) is 51.2 Å². The standard InChI is InChI=1S/C19H24FNO4/c1-4-25-15-10-19(17(23)24,18(15,2)3)21-16(22)14-9-13(14)11-5-7-12(20)8-6-11/h5-8,13-15H,4,9-10H2,1-3H3,(H,21,22)(H,23,24). The van der Waals surface area contributed by atoms with Crippen molar-refractivity contribution in [1.82, 2.24) is 5.32 Å². The fraction of sp³-hybridized carbons (Fsp3) is 0.579. The Balaban J connectivity index is 1.69. The number of rotatable bonds is 6. The lowest BCUT2D eigenvalue weighted by molar-refractivity contribution is -0.194. The van der Waals surface area contributed by atoms with E-state index in [4.69, 9.17) is 4.74 Å². The zero-order valence-corrected chi connectivity index (χ0v) is 14.7. The van der Waals surface area contributed by atoms with Gasteiger partial charge in [-0.1, -0.05) is 26.0 Å². The number of carbonyl (C=O) groups is 2. The van der Waals surface area contributed by atoms with E-state index in [-0.39, 0.29) is 36.1 Å². The molecule has 0 aromatic heterocycles. The van der Waals surface area contributed by atoms with Gasteiger partial charge in [0.25, 0.3) is 0 Å². The SMILES string of the molecule is CCOC1CC(NC(=O)C2CC2c2ccc(F)cc2)(C(=O)O)C1(C)C. The van der Waals surface area contributed by atoms with Gasteiger partial charge in [-0.2, -0.15) is 0 Å². The molecule has 4 unspecified atom stereocenters.